The lowest BCUT2D eigenvalue weighted by molar-refractivity contribution is -0.122. The average molecular weight is 553 g/mol. The maximum Gasteiger partial charge on any atom is 0.335 e. The molecule has 0 saturated carbocycles. The number of carboxylic acid groups (broad SMARTS) is 1. The number of carbonyl (C=O) groups excluding carboxylic acids is 2. The van der Waals surface area contributed by atoms with Gasteiger partial charge in [-0.25, -0.2) is 9.69 Å². The van der Waals surface area contributed by atoms with Gasteiger partial charge in [-0.2, -0.15) is 0 Å². The van der Waals surface area contributed by atoms with Crippen LogP contribution in [-0.4, -0.2) is 22.9 Å². The summed E-state index contributed by atoms with van der Waals surface area (Å²) in [5.74, 6) is -3.17. The third-order valence-electron chi connectivity index (χ3n) is 6.94. The molecule has 0 unspecified atom stereocenters. The van der Waals surface area contributed by atoms with Crippen LogP contribution in [0.5, 0.6) is 0 Å². The molecule has 3 aromatic rings. The Labute approximate surface area is 200 Å². The molecule has 3 aromatic carbocycles. The average Bonchev–Trinajstić information content (AvgIpc) is 3.08. The van der Waals surface area contributed by atoms with E-state index < -0.39 is 26.5 Å². The highest BCUT2D eigenvalue weighted by Gasteiger charge is 2.72. The van der Waals surface area contributed by atoms with Crippen molar-refractivity contribution in [2.75, 3.05) is 4.90 Å². The Hall–Kier alpha value is -2.77. The Bertz CT molecular complexity index is 1250. The second kappa shape index (κ2) is 6.39. The van der Waals surface area contributed by atoms with Crippen LogP contribution in [0, 0.1) is 11.8 Å². The highest BCUT2D eigenvalue weighted by molar-refractivity contribution is 9.10. The van der Waals surface area contributed by atoms with Crippen LogP contribution in [0.2, 0.25) is 0 Å². The molecule has 7 rings (SSSR count). The van der Waals surface area contributed by atoms with Crippen LogP contribution in [0.3, 0.4) is 0 Å². The van der Waals surface area contributed by atoms with E-state index in [0.29, 0.717) is 0 Å². The molecule has 2 bridgehead atoms. The smallest absolute Gasteiger partial charge is 0.335 e. The summed E-state index contributed by atoms with van der Waals surface area (Å²) in [4.78, 5) is 40.4. The Morgan fingerprint density at radius 1 is 0.750 bits per heavy atom. The van der Waals surface area contributed by atoms with Crippen molar-refractivity contribution in [3.05, 3.63) is 101 Å². The monoisotopic (exact) mass is 551 g/mol. The lowest BCUT2D eigenvalue weighted by atomic mass is 9.54. The number of aromatic carboxylic acids is 1. The van der Waals surface area contributed by atoms with Gasteiger partial charge in [0.2, 0.25) is 11.8 Å². The van der Waals surface area contributed by atoms with E-state index in [2.05, 4.69) is 31.9 Å². The van der Waals surface area contributed by atoms with Gasteiger partial charge in [-0.1, -0.05) is 86.5 Å². The van der Waals surface area contributed by atoms with Crippen LogP contribution < -0.4 is 4.90 Å². The van der Waals surface area contributed by atoms with Crippen LogP contribution in [0.15, 0.2) is 72.8 Å². The van der Waals surface area contributed by atoms with Crippen LogP contribution in [-0.2, 0) is 18.2 Å². The molecule has 1 fully saturated rings. The van der Waals surface area contributed by atoms with Gasteiger partial charge in [-0.3, -0.25) is 9.59 Å². The van der Waals surface area contributed by atoms with Gasteiger partial charge in [0.25, 0.3) is 0 Å². The van der Waals surface area contributed by atoms with Gasteiger partial charge in [0, 0.05) is 0 Å². The molecule has 1 saturated heterocycles. The summed E-state index contributed by atoms with van der Waals surface area (Å²) in [5.41, 5.74) is 4.13. The van der Waals surface area contributed by atoms with E-state index in [0.717, 1.165) is 27.2 Å². The topological polar surface area (TPSA) is 74.7 Å². The van der Waals surface area contributed by atoms with Gasteiger partial charge in [-0.05, 0) is 40.5 Å². The van der Waals surface area contributed by atoms with E-state index >= 15 is 0 Å². The van der Waals surface area contributed by atoms with Crippen molar-refractivity contribution < 1.29 is 19.5 Å². The van der Waals surface area contributed by atoms with Crippen molar-refractivity contribution in [2.24, 2.45) is 11.8 Å². The summed E-state index contributed by atoms with van der Waals surface area (Å²) in [6.07, 6.45) is 0. The summed E-state index contributed by atoms with van der Waals surface area (Å²) in [7, 11) is 0. The molecule has 7 heteroatoms. The van der Waals surface area contributed by atoms with Crippen LogP contribution >= 0.6 is 31.9 Å². The van der Waals surface area contributed by atoms with E-state index in [1.165, 1.54) is 12.1 Å². The molecule has 0 radical (unpaired) electrons. The van der Waals surface area contributed by atoms with Crippen molar-refractivity contribution in [1.29, 1.82) is 0 Å². The van der Waals surface area contributed by atoms with Gasteiger partial charge in [0.1, 0.15) is 0 Å². The first-order valence-corrected chi connectivity index (χ1v) is 11.7. The fourth-order valence-corrected chi connectivity index (χ4v) is 8.00. The highest BCUT2D eigenvalue weighted by atomic mass is 79.9. The Balaban J connectivity index is 1.63. The molecule has 2 atom stereocenters. The molecular weight excluding hydrogens is 538 g/mol. The van der Waals surface area contributed by atoms with Gasteiger partial charge in [0.05, 0.1) is 31.7 Å². The first-order chi connectivity index (χ1) is 15.3. The van der Waals surface area contributed by atoms with E-state index in [1.807, 2.05) is 48.5 Å². The summed E-state index contributed by atoms with van der Waals surface area (Å²) in [6, 6.07) is 21.7. The number of carbonyl (C=O) groups is 3. The number of rotatable bonds is 2. The first kappa shape index (κ1) is 19.9. The normalized spacial score (nSPS) is 29.5. The van der Waals surface area contributed by atoms with Crippen molar-refractivity contribution in [1.82, 2.24) is 0 Å². The predicted molar refractivity (Wildman–Crippen MR) is 125 cm³/mol. The largest absolute Gasteiger partial charge is 0.478 e. The van der Waals surface area contributed by atoms with Gasteiger partial charge in [-0.15, -0.1) is 0 Å². The maximum absolute atomic E-state index is 13.9. The van der Waals surface area contributed by atoms with Gasteiger partial charge in [0.15, 0.2) is 0 Å². The minimum Gasteiger partial charge on any atom is -0.478 e. The number of amides is 2. The molecule has 1 N–H and O–H groups in total. The Morgan fingerprint density at radius 3 is 1.59 bits per heavy atom. The molecule has 158 valence electrons. The summed E-state index contributed by atoms with van der Waals surface area (Å²) >= 11 is 7.90. The number of carboxylic acids is 1. The van der Waals surface area contributed by atoms with Crippen molar-refractivity contribution >= 4 is 55.3 Å². The standard InChI is InChI=1S/C25H15Br2NO4/c26-24-15-8-1-2-9-16(15)25(27,18-11-4-3-10-17(18)24)20-19(24)21(29)28(22(20)30)14-7-5-6-13(12-14)23(31)32/h1-12,19-20H,(H,31,32)/t19-,20-,24?,25?/m1/s1. The molecule has 5 nitrogen and oxygen atoms in total. The van der Waals surface area contributed by atoms with Crippen molar-refractivity contribution in [2.45, 2.75) is 8.65 Å². The number of hydrogen-bond acceptors (Lipinski definition) is 3. The number of hydrogen-bond donors (Lipinski definition) is 1. The lowest BCUT2D eigenvalue weighted by Gasteiger charge is -2.55. The molecule has 3 aliphatic carbocycles. The first-order valence-electron chi connectivity index (χ1n) is 10.1. The van der Waals surface area contributed by atoms with Crippen LogP contribution in [0.1, 0.15) is 32.6 Å². The van der Waals surface area contributed by atoms with E-state index in [-0.39, 0.29) is 23.1 Å². The zero-order chi connectivity index (χ0) is 22.4. The second-order valence-electron chi connectivity index (χ2n) is 8.34. The zero-order valence-electron chi connectivity index (χ0n) is 16.5. The van der Waals surface area contributed by atoms with E-state index in [1.54, 1.807) is 12.1 Å². The second-order valence-corrected chi connectivity index (χ2v) is 10.8. The van der Waals surface area contributed by atoms with Crippen molar-refractivity contribution in [3.63, 3.8) is 0 Å². The molecule has 32 heavy (non-hydrogen) atoms. The maximum atomic E-state index is 13.9. The summed E-state index contributed by atoms with van der Waals surface area (Å²) < 4.78 is -1.74. The summed E-state index contributed by atoms with van der Waals surface area (Å²) in [5, 5.41) is 9.40. The molecule has 0 spiro atoms. The number of benzene rings is 3. The third kappa shape index (κ3) is 2.16. The minimum absolute atomic E-state index is 0.0228. The SMILES string of the molecule is O=C(O)c1cccc(N2C(=O)[C@H]3[C@H](C2=O)C2(Br)c4ccccc4C3(Br)c3ccccc32)c1. The molecule has 1 heterocycles. The molecule has 4 aliphatic rings. The molecule has 0 aromatic heterocycles. The third-order valence-corrected chi connectivity index (χ3v) is 9.63. The number of alkyl halides is 2. The van der Waals surface area contributed by atoms with Gasteiger partial charge < -0.3 is 5.11 Å². The number of nitrogens with zero attached hydrogens (tertiary/aromatic N) is 1. The molecule has 2 amide bonds. The Morgan fingerprint density at radius 2 is 1.19 bits per heavy atom. The predicted octanol–water partition coefficient (Wildman–Crippen LogP) is 4.79. The molecular formula is C25H15Br2NO4. The highest BCUT2D eigenvalue weighted by Crippen LogP contribution is 2.70. The fourth-order valence-electron chi connectivity index (χ4n) is 5.70. The minimum atomic E-state index is -1.11. The Kier molecular flexibility index (Phi) is 3.97. The molecule has 1 aliphatic heterocycles. The zero-order valence-corrected chi connectivity index (χ0v) is 19.6. The van der Waals surface area contributed by atoms with E-state index in [9.17, 15) is 19.5 Å². The fraction of sp³-hybridized carbons (Fsp3) is 0.160. The number of anilines is 1. The van der Waals surface area contributed by atoms with Gasteiger partial charge >= 0.3 is 5.97 Å². The number of imide groups is 1. The van der Waals surface area contributed by atoms with Crippen LogP contribution in [0.4, 0.5) is 5.69 Å². The van der Waals surface area contributed by atoms with Crippen LogP contribution in [0.25, 0.3) is 0 Å². The summed E-state index contributed by atoms with van der Waals surface area (Å²) in [6.45, 7) is 0. The van der Waals surface area contributed by atoms with Crippen molar-refractivity contribution in [3.8, 4) is 0 Å². The quantitative estimate of drug-likeness (QED) is 0.366. The number of halogens is 2. The lowest BCUT2D eigenvalue weighted by Crippen LogP contribution is -2.56. The van der Waals surface area contributed by atoms with E-state index in [4.69, 9.17) is 0 Å².